The highest BCUT2D eigenvalue weighted by Gasteiger charge is 2.40. The van der Waals surface area contributed by atoms with E-state index in [0.717, 1.165) is 6.26 Å². The molecule has 1 heterocycles. The molecule has 0 radical (unpaired) electrons. The van der Waals surface area contributed by atoms with E-state index in [1.54, 1.807) is 14.1 Å². The summed E-state index contributed by atoms with van der Waals surface area (Å²) in [6.07, 6.45) is 2.16. The molecule has 1 atom stereocenters. The Labute approximate surface area is 136 Å². The molecule has 1 aliphatic heterocycles. The van der Waals surface area contributed by atoms with Crippen LogP contribution < -0.4 is 0 Å². The zero-order valence-corrected chi connectivity index (χ0v) is 14.9. The first kappa shape index (κ1) is 17.9. The van der Waals surface area contributed by atoms with E-state index in [-0.39, 0.29) is 22.2 Å². The maximum Gasteiger partial charge on any atom is 0.243 e. The lowest BCUT2D eigenvalue weighted by atomic mass is 10.2. The van der Waals surface area contributed by atoms with Gasteiger partial charge in [-0.25, -0.2) is 16.8 Å². The third kappa shape index (κ3) is 3.56. The van der Waals surface area contributed by atoms with Crippen LogP contribution in [0.5, 0.6) is 0 Å². The van der Waals surface area contributed by atoms with Crippen molar-refractivity contribution in [3.8, 4) is 0 Å². The molecule has 1 amide bonds. The number of rotatable bonds is 4. The summed E-state index contributed by atoms with van der Waals surface area (Å²) >= 11 is 0. The number of hydrogen-bond donors (Lipinski definition) is 0. The lowest BCUT2D eigenvalue weighted by Crippen LogP contribution is -2.45. The molecule has 0 aromatic heterocycles. The van der Waals surface area contributed by atoms with E-state index in [2.05, 4.69) is 0 Å². The van der Waals surface area contributed by atoms with Crippen LogP contribution in [0, 0.1) is 0 Å². The van der Waals surface area contributed by atoms with Crippen LogP contribution in [0.25, 0.3) is 0 Å². The van der Waals surface area contributed by atoms with Crippen LogP contribution in [0.4, 0.5) is 0 Å². The van der Waals surface area contributed by atoms with Crippen molar-refractivity contribution < 1.29 is 21.6 Å². The van der Waals surface area contributed by atoms with Crippen molar-refractivity contribution in [3.05, 3.63) is 24.3 Å². The van der Waals surface area contributed by atoms with E-state index < -0.39 is 25.9 Å². The van der Waals surface area contributed by atoms with Gasteiger partial charge >= 0.3 is 0 Å². The number of carbonyl (C=O) groups excluding carboxylic acids is 1. The molecule has 0 bridgehead atoms. The number of sulfone groups is 1. The zero-order valence-electron chi connectivity index (χ0n) is 13.3. The number of benzene rings is 1. The van der Waals surface area contributed by atoms with Crippen molar-refractivity contribution in [2.45, 2.75) is 28.7 Å². The molecular formula is C14H20N2O5S2. The molecule has 0 aliphatic carbocycles. The third-order valence-corrected chi connectivity index (χ3v) is 6.84. The minimum absolute atomic E-state index is 0.0108. The Morgan fingerprint density at radius 2 is 1.61 bits per heavy atom. The summed E-state index contributed by atoms with van der Waals surface area (Å²) < 4.78 is 49.6. The molecule has 1 saturated heterocycles. The van der Waals surface area contributed by atoms with Crippen LogP contribution in [-0.4, -0.2) is 64.9 Å². The molecule has 0 saturated carbocycles. The Morgan fingerprint density at radius 1 is 1.09 bits per heavy atom. The smallest absolute Gasteiger partial charge is 0.243 e. The van der Waals surface area contributed by atoms with Gasteiger partial charge < -0.3 is 4.90 Å². The zero-order chi connectivity index (χ0) is 17.4. The summed E-state index contributed by atoms with van der Waals surface area (Å²) in [6.45, 7) is 0.278. The predicted molar refractivity (Wildman–Crippen MR) is 85.2 cm³/mol. The number of likely N-dealkylation sites (N-methyl/N-ethyl adjacent to an activating group) is 1. The monoisotopic (exact) mass is 360 g/mol. The molecule has 23 heavy (non-hydrogen) atoms. The van der Waals surface area contributed by atoms with E-state index in [0.29, 0.717) is 12.8 Å². The number of nitrogens with zero attached hydrogens (tertiary/aromatic N) is 2. The van der Waals surface area contributed by atoms with Gasteiger partial charge in [-0.1, -0.05) is 0 Å². The first-order valence-electron chi connectivity index (χ1n) is 7.08. The summed E-state index contributed by atoms with van der Waals surface area (Å²) in [5, 5.41) is 0. The van der Waals surface area contributed by atoms with Gasteiger partial charge in [0, 0.05) is 26.9 Å². The van der Waals surface area contributed by atoms with Gasteiger partial charge in [-0.05, 0) is 37.1 Å². The van der Waals surface area contributed by atoms with Gasteiger partial charge in [0.2, 0.25) is 15.9 Å². The van der Waals surface area contributed by atoms with E-state index >= 15 is 0 Å². The van der Waals surface area contributed by atoms with E-state index in [9.17, 15) is 21.6 Å². The maximum atomic E-state index is 12.7. The Morgan fingerprint density at radius 3 is 2.09 bits per heavy atom. The van der Waals surface area contributed by atoms with E-state index in [1.807, 2.05) is 0 Å². The van der Waals surface area contributed by atoms with Crippen molar-refractivity contribution in [1.29, 1.82) is 0 Å². The summed E-state index contributed by atoms with van der Waals surface area (Å²) in [5.41, 5.74) is 0. The summed E-state index contributed by atoms with van der Waals surface area (Å²) in [4.78, 5) is 13.6. The summed E-state index contributed by atoms with van der Waals surface area (Å²) in [6, 6.07) is 4.36. The Kier molecular flexibility index (Phi) is 4.84. The van der Waals surface area contributed by atoms with Gasteiger partial charge in [0.15, 0.2) is 9.84 Å². The van der Waals surface area contributed by atoms with Gasteiger partial charge in [0.05, 0.1) is 9.79 Å². The average Bonchev–Trinajstić information content (AvgIpc) is 2.95. The van der Waals surface area contributed by atoms with Gasteiger partial charge in [0.25, 0.3) is 0 Å². The number of carbonyl (C=O) groups is 1. The first-order valence-corrected chi connectivity index (χ1v) is 10.4. The highest BCUT2D eigenvalue weighted by atomic mass is 32.2. The normalized spacial score (nSPS) is 19.7. The standard InChI is InChI=1S/C14H20N2O5S2/c1-15(2)14(17)13-5-4-10-16(13)23(20,21)12-8-6-11(7-9-12)22(3,18)19/h6-9,13H,4-5,10H2,1-3H3. The molecule has 2 rings (SSSR count). The molecule has 1 aromatic carbocycles. The van der Waals surface area contributed by atoms with Crippen LogP contribution in [0.3, 0.4) is 0 Å². The number of sulfonamides is 1. The molecule has 9 heteroatoms. The SMILES string of the molecule is CN(C)C(=O)C1CCCN1S(=O)(=O)c1ccc(S(C)(=O)=O)cc1. The maximum absolute atomic E-state index is 12.7. The Hall–Kier alpha value is -1.45. The molecule has 0 N–H and O–H groups in total. The van der Waals surface area contributed by atoms with Crippen LogP contribution in [-0.2, 0) is 24.7 Å². The van der Waals surface area contributed by atoms with Crippen LogP contribution in [0.15, 0.2) is 34.1 Å². The summed E-state index contributed by atoms with van der Waals surface area (Å²) in [5.74, 6) is -0.251. The van der Waals surface area contributed by atoms with Gasteiger partial charge in [-0.3, -0.25) is 4.79 Å². The highest BCUT2D eigenvalue weighted by molar-refractivity contribution is 7.90. The minimum atomic E-state index is -3.84. The lowest BCUT2D eigenvalue weighted by molar-refractivity contribution is -0.132. The molecule has 128 valence electrons. The topological polar surface area (TPSA) is 91.8 Å². The van der Waals surface area contributed by atoms with Gasteiger partial charge in [-0.2, -0.15) is 4.31 Å². The Balaban J connectivity index is 2.36. The molecule has 7 nitrogen and oxygen atoms in total. The second kappa shape index (κ2) is 6.21. The van der Waals surface area contributed by atoms with Crippen LogP contribution >= 0.6 is 0 Å². The van der Waals surface area contributed by atoms with Crippen LogP contribution in [0.2, 0.25) is 0 Å². The molecule has 1 fully saturated rings. The average molecular weight is 360 g/mol. The third-order valence-electron chi connectivity index (χ3n) is 3.79. The second-order valence-corrected chi connectivity index (χ2v) is 9.66. The fourth-order valence-electron chi connectivity index (χ4n) is 2.57. The first-order chi connectivity index (χ1) is 10.5. The summed E-state index contributed by atoms with van der Waals surface area (Å²) in [7, 11) is -4.05. The largest absolute Gasteiger partial charge is 0.347 e. The van der Waals surface area contributed by atoms with Gasteiger partial charge in [-0.15, -0.1) is 0 Å². The second-order valence-electron chi connectivity index (χ2n) is 5.75. The quantitative estimate of drug-likeness (QED) is 0.772. The Bertz CT molecular complexity index is 798. The number of hydrogen-bond acceptors (Lipinski definition) is 5. The minimum Gasteiger partial charge on any atom is -0.347 e. The van der Waals surface area contributed by atoms with Crippen molar-refractivity contribution >= 4 is 25.8 Å². The molecule has 0 spiro atoms. The van der Waals surface area contributed by atoms with Crippen LogP contribution in [0.1, 0.15) is 12.8 Å². The molecule has 1 unspecified atom stereocenters. The molecular weight excluding hydrogens is 340 g/mol. The van der Waals surface area contributed by atoms with E-state index in [1.165, 1.54) is 33.5 Å². The van der Waals surface area contributed by atoms with Gasteiger partial charge in [0.1, 0.15) is 6.04 Å². The van der Waals surface area contributed by atoms with Crippen molar-refractivity contribution in [3.63, 3.8) is 0 Å². The van der Waals surface area contributed by atoms with Crippen molar-refractivity contribution in [2.24, 2.45) is 0 Å². The molecule has 1 aliphatic rings. The fourth-order valence-corrected chi connectivity index (χ4v) is 4.85. The predicted octanol–water partition coefficient (Wildman–Crippen LogP) is 0.331. The molecule has 1 aromatic rings. The van der Waals surface area contributed by atoms with E-state index in [4.69, 9.17) is 0 Å². The fraction of sp³-hybridized carbons (Fsp3) is 0.500. The lowest BCUT2D eigenvalue weighted by Gasteiger charge is -2.25. The number of amides is 1. The van der Waals surface area contributed by atoms with Crippen molar-refractivity contribution in [2.75, 3.05) is 26.9 Å². The van der Waals surface area contributed by atoms with Crippen molar-refractivity contribution in [1.82, 2.24) is 9.21 Å². The highest BCUT2D eigenvalue weighted by Crippen LogP contribution is 2.27.